The molecule has 0 aliphatic carbocycles. The van der Waals surface area contributed by atoms with Gasteiger partial charge in [0.05, 0.1) is 11.8 Å². The molecule has 0 aliphatic heterocycles. The van der Waals surface area contributed by atoms with Crippen LogP contribution in [0.1, 0.15) is 5.56 Å². The van der Waals surface area contributed by atoms with Crippen molar-refractivity contribution in [3.8, 4) is 11.1 Å². The number of nitrogen functional groups attached to an aromatic ring is 1. The van der Waals surface area contributed by atoms with Crippen molar-refractivity contribution < 1.29 is 13.2 Å². The molecule has 0 bridgehead atoms. The van der Waals surface area contributed by atoms with Crippen molar-refractivity contribution in [3.63, 3.8) is 0 Å². The van der Waals surface area contributed by atoms with Gasteiger partial charge in [-0.1, -0.05) is 22.0 Å². The molecule has 0 aliphatic rings. The fourth-order valence-electron chi connectivity index (χ4n) is 1.67. The minimum atomic E-state index is -4.44. The molecule has 0 fully saturated rings. The number of hydrogen-bond donors (Lipinski definition) is 1. The van der Waals surface area contributed by atoms with Gasteiger partial charge in [-0.15, -0.1) is 0 Å². The lowest BCUT2D eigenvalue weighted by Gasteiger charge is -2.14. The number of nitrogens with two attached hydrogens (primary N) is 1. The predicted molar refractivity (Wildman–Crippen MR) is 65.8 cm³/mol. The van der Waals surface area contributed by atoms with E-state index in [0.29, 0.717) is 4.47 Å². The topological polar surface area (TPSA) is 43.8 Å². The van der Waals surface area contributed by atoms with E-state index in [1.807, 2.05) is 0 Å². The summed E-state index contributed by atoms with van der Waals surface area (Å²) in [6.45, 7) is 0. The Kier molecular flexibility index (Phi) is 3.10. The number of halogens is 4. The highest BCUT2D eigenvalue weighted by molar-refractivity contribution is 9.10. The summed E-state index contributed by atoms with van der Waals surface area (Å²) in [7, 11) is 1.57. The van der Waals surface area contributed by atoms with Crippen molar-refractivity contribution in [2.45, 2.75) is 6.18 Å². The standard InChI is InChI=1S/C11H9BrF3N3/c1-18-10(16)6(5-17-18)9-7(11(13,14)15)3-2-4-8(9)12/h2-5H,16H2,1H3. The highest BCUT2D eigenvalue weighted by Crippen LogP contribution is 2.42. The average molecular weight is 320 g/mol. The van der Waals surface area contributed by atoms with Crippen LogP contribution >= 0.6 is 15.9 Å². The number of nitrogens with zero attached hydrogens (tertiary/aromatic N) is 2. The summed E-state index contributed by atoms with van der Waals surface area (Å²) in [4.78, 5) is 0. The molecular weight excluding hydrogens is 311 g/mol. The Labute approximate surface area is 110 Å². The molecule has 18 heavy (non-hydrogen) atoms. The molecule has 1 aromatic heterocycles. The number of rotatable bonds is 1. The molecule has 2 aromatic rings. The lowest BCUT2D eigenvalue weighted by molar-refractivity contribution is -0.137. The van der Waals surface area contributed by atoms with E-state index < -0.39 is 11.7 Å². The summed E-state index contributed by atoms with van der Waals surface area (Å²) in [6, 6.07) is 3.90. The molecule has 0 unspecified atom stereocenters. The van der Waals surface area contributed by atoms with Crippen LogP contribution in [0.3, 0.4) is 0 Å². The van der Waals surface area contributed by atoms with Crippen molar-refractivity contribution >= 4 is 21.7 Å². The first kappa shape index (κ1) is 12.9. The minimum absolute atomic E-state index is 0.00981. The second-order valence-corrected chi connectivity index (χ2v) is 4.58. The van der Waals surface area contributed by atoms with Gasteiger partial charge in [0, 0.05) is 22.6 Å². The molecular formula is C11H9BrF3N3. The van der Waals surface area contributed by atoms with E-state index in [0.717, 1.165) is 6.07 Å². The van der Waals surface area contributed by atoms with Crippen molar-refractivity contribution in [1.82, 2.24) is 9.78 Å². The van der Waals surface area contributed by atoms with Gasteiger partial charge >= 0.3 is 6.18 Å². The van der Waals surface area contributed by atoms with Crippen LogP contribution in [-0.2, 0) is 13.2 Å². The predicted octanol–water partition coefficient (Wildman–Crippen LogP) is 3.45. The second-order valence-electron chi connectivity index (χ2n) is 3.73. The second kappa shape index (κ2) is 4.31. The molecule has 0 amide bonds. The van der Waals surface area contributed by atoms with Crippen molar-refractivity contribution in [1.29, 1.82) is 0 Å². The number of hydrogen-bond acceptors (Lipinski definition) is 2. The number of aromatic nitrogens is 2. The van der Waals surface area contributed by atoms with Gasteiger partial charge < -0.3 is 5.73 Å². The summed E-state index contributed by atoms with van der Waals surface area (Å²) in [6.07, 6.45) is -3.12. The van der Waals surface area contributed by atoms with Crippen molar-refractivity contribution in [2.24, 2.45) is 7.05 Å². The Bertz CT molecular complexity index is 590. The Morgan fingerprint density at radius 1 is 1.33 bits per heavy atom. The van der Waals surface area contributed by atoms with Crippen LogP contribution in [-0.4, -0.2) is 9.78 Å². The van der Waals surface area contributed by atoms with E-state index in [4.69, 9.17) is 5.73 Å². The quantitative estimate of drug-likeness (QED) is 0.875. The van der Waals surface area contributed by atoms with Crippen molar-refractivity contribution in [2.75, 3.05) is 5.73 Å². The summed E-state index contributed by atoms with van der Waals surface area (Å²) in [5.41, 5.74) is 5.26. The fourth-order valence-corrected chi connectivity index (χ4v) is 2.25. The summed E-state index contributed by atoms with van der Waals surface area (Å²) >= 11 is 3.13. The largest absolute Gasteiger partial charge is 0.417 e. The fraction of sp³-hybridized carbons (Fsp3) is 0.182. The Morgan fingerprint density at radius 2 is 2.00 bits per heavy atom. The van der Waals surface area contributed by atoms with Crippen LogP contribution in [0.5, 0.6) is 0 Å². The van der Waals surface area contributed by atoms with Gasteiger partial charge in [0.1, 0.15) is 5.82 Å². The van der Waals surface area contributed by atoms with E-state index in [2.05, 4.69) is 21.0 Å². The normalized spacial score (nSPS) is 11.8. The molecule has 96 valence electrons. The SMILES string of the molecule is Cn1ncc(-c2c(Br)cccc2C(F)(F)F)c1N. The maximum absolute atomic E-state index is 13.0. The van der Waals surface area contributed by atoms with Crippen LogP contribution < -0.4 is 5.73 Å². The van der Waals surface area contributed by atoms with E-state index >= 15 is 0 Å². The number of aryl methyl sites for hydroxylation is 1. The number of alkyl halides is 3. The van der Waals surface area contributed by atoms with E-state index in [1.165, 1.54) is 23.0 Å². The van der Waals surface area contributed by atoms with Gasteiger partial charge in [-0.2, -0.15) is 18.3 Å². The molecule has 2 rings (SSSR count). The van der Waals surface area contributed by atoms with Gasteiger partial charge in [0.15, 0.2) is 0 Å². The third-order valence-electron chi connectivity index (χ3n) is 2.57. The lowest BCUT2D eigenvalue weighted by Crippen LogP contribution is -2.08. The zero-order valence-corrected chi connectivity index (χ0v) is 10.9. The molecule has 1 aromatic carbocycles. The first-order valence-corrected chi connectivity index (χ1v) is 5.75. The van der Waals surface area contributed by atoms with Crippen LogP contribution in [0.15, 0.2) is 28.9 Å². The maximum Gasteiger partial charge on any atom is 0.417 e. The van der Waals surface area contributed by atoms with Crippen LogP contribution in [0.2, 0.25) is 0 Å². The highest BCUT2D eigenvalue weighted by atomic mass is 79.9. The summed E-state index contributed by atoms with van der Waals surface area (Å²) < 4.78 is 40.5. The molecule has 1 heterocycles. The van der Waals surface area contributed by atoms with Gasteiger partial charge in [-0.05, 0) is 12.1 Å². The average Bonchev–Trinajstić information content (AvgIpc) is 2.59. The number of benzene rings is 1. The maximum atomic E-state index is 13.0. The smallest absolute Gasteiger partial charge is 0.383 e. The Balaban J connectivity index is 2.74. The van der Waals surface area contributed by atoms with E-state index in [9.17, 15) is 13.2 Å². The molecule has 3 nitrogen and oxygen atoms in total. The van der Waals surface area contributed by atoms with Gasteiger partial charge in [0.2, 0.25) is 0 Å². The molecule has 0 saturated heterocycles. The third kappa shape index (κ3) is 2.10. The Hall–Kier alpha value is -1.50. The summed E-state index contributed by atoms with van der Waals surface area (Å²) in [5, 5.41) is 3.86. The summed E-state index contributed by atoms with van der Waals surface area (Å²) in [5.74, 6) is 0.187. The van der Waals surface area contributed by atoms with Crippen LogP contribution in [0, 0.1) is 0 Å². The molecule has 0 radical (unpaired) electrons. The lowest BCUT2D eigenvalue weighted by atomic mass is 10.0. The monoisotopic (exact) mass is 319 g/mol. The zero-order valence-electron chi connectivity index (χ0n) is 9.29. The van der Waals surface area contributed by atoms with E-state index in [-0.39, 0.29) is 16.9 Å². The van der Waals surface area contributed by atoms with Crippen molar-refractivity contribution in [3.05, 3.63) is 34.4 Å². The molecule has 0 saturated carbocycles. The minimum Gasteiger partial charge on any atom is -0.383 e. The highest BCUT2D eigenvalue weighted by Gasteiger charge is 2.35. The van der Waals surface area contributed by atoms with E-state index in [1.54, 1.807) is 7.05 Å². The Morgan fingerprint density at radius 3 is 2.50 bits per heavy atom. The first-order chi connectivity index (χ1) is 8.32. The van der Waals surface area contributed by atoms with Gasteiger partial charge in [0.25, 0.3) is 0 Å². The molecule has 2 N–H and O–H groups in total. The molecule has 0 atom stereocenters. The first-order valence-electron chi connectivity index (χ1n) is 4.96. The molecule has 7 heteroatoms. The number of anilines is 1. The van der Waals surface area contributed by atoms with Crippen LogP contribution in [0.4, 0.5) is 19.0 Å². The zero-order chi connectivity index (χ0) is 13.5. The third-order valence-corrected chi connectivity index (χ3v) is 3.23. The molecule has 0 spiro atoms. The van der Waals surface area contributed by atoms with Gasteiger partial charge in [-0.3, -0.25) is 4.68 Å². The van der Waals surface area contributed by atoms with Gasteiger partial charge in [-0.25, -0.2) is 0 Å². The van der Waals surface area contributed by atoms with Crippen LogP contribution in [0.25, 0.3) is 11.1 Å².